The molecule has 0 aliphatic carbocycles. The Balaban J connectivity index is 1.91. The van der Waals surface area contributed by atoms with Crippen molar-refractivity contribution in [3.05, 3.63) is 93.5 Å². The zero-order valence-corrected chi connectivity index (χ0v) is 21.4. The first-order valence-electron chi connectivity index (χ1n) is 10.3. The third kappa shape index (κ3) is 6.09. The van der Waals surface area contributed by atoms with E-state index in [0.717, 1.165) is 31.0 Å². The molecule has 6 nitrogen and oxygen atoms in total. The molecule has 0 aliphatic heterocycles. The Morgan fingerprint density at radius 2 is 1.55 bits per heavy atom. The molecule has 0 unspecified atom stereocenters. The Hall–Kier alpha value is -2.97. The van der Waals surface area contributed by atoms with Gasteiger partial charge in [0.1, 0.15) is 6.54 Å². The zero-order valence-electron chi connectivity index (χ0n) is 19.0. The number of hydrogen-bond donors (Lipinski definition) is 1. The normalized spacial score (nSPS) is 11.8. The summed E-state index contributed by atoms with van der Waals surface area (Å²) in [6.45, 7) is 7.01. The molecule has 172 valence electrons. The molecule has 0 radical (unpaired) electrons. The Labute approximate surface area is 203 Å². The molecule has 1 N–H and O–H groups in total. The SMILES string of the molecule is C/C(=N/NC(=O)CN(c1ccc(C)cc1C)S(=O)(=O)c1ccc(C)cc1)c1ccc(Br)cc1. The van der Waals surface area contributed by atoms with E-state index in [2.05, 4.69) is 26.5 Å². The first kappa shape index (κ1) is 24.7. The van der Waals surface area contributed by atoms with Crippen LogP contribution in [0.4, 0.5) is 5.69 Å². The van der Waals surface area contributed by atoms with E-state index in [1.165, 1.54) is 0 Å². The van der Waals surface area contributed by atoms with Crippen LogP contribution in [0.2, 0.25) is 0 Å². The van der Waals surface area contributed by atoms with Crippen LogP contribution in [-0.4, -0.2) is 26.6 Å². The number of sulfonamides is 1. The number of amides is 1. The standard InChI is InChI=1S/C25H26BrN3O3S/c1-17-5-12-23(13-6-17)33(31,32)29(24-14-7-18(2)15-19(24)3)16-25(30)28-27-20(4)21-8-10-22(26)11-9-21/h5-15H,16H2,1-4H3,(H,28,30)/b27-20-. The van der Waals surface area contributed by atoms with Crippen molar-refractivity contribution in [2.45, 2.75) is 32.6 Å². The molecular weight excluding hydrogens is 502 g/mol. The van der Waals surface area contributed by atoms with Crippen LogP contribution < -0.4 is 9.73 Å². The van der Waals surface area contributed by atoms with Gasteiger partial charge in [-0.3, -0.25) is 9.10 Å². The molecule has 0 aromatic heterocycles. The van der Waals surface area contributed by atoms with Crippen molar-refractivity contribution in [3.8, 4) is 0 Å². The van der Waals surface area contributed by atoms with Gasteiger partial charge >= 0.3 is 0 Å². The number of halogens is 1. The maximum absolute atomic E-state index is 13.5. The number of nitrogens with zero attached hydrogens (tertiary/aromatic N) is 2. The maximum atomic E-state index is 13.5. The van der Waals surface area contributed by atoms with Crippen molar-refractivity contribution >= 4 is 43.3 Å². The molecule has 0 aliphatic rings. The minimum Gasteiger partial charge on any atom is -0.271 e. The summed E-state index contributed by atoms with van der Waals surface area (Å²) in [4.78, 5) is 12.9. The molecule has 0 saturated carbocycles. The van der Waals surface area contributed by atoms with Crippen LogP contribution >= 0.6 is 15.9 Å². The fraction of sp³-hybridized carbons (Fsp3) is 0.200. The van der Waals surface area contributed by atoms with Crippen molar-refractivity contribution in [2.75, 3.05) is 10.8 Å². The largest absolute Gasteiger partial charge is 0.271 e. The Bertz CT molecular complexity index is 1290. The summed E-state index contributed by atoms with van der Waals surface area (Å²) < 4.78 is 29.1. The lowest BCUT2D eigenvalue weighted by Gasteiger charge is -2.25. The van der Waals surface area contributed by atoms with Crippen molar-refractivity contribution in [1.82, 2.24) is 5.43 Å². The number of anilines is 1. The van der Waals surface area contributed by atoms with E-state index in [1.54, 1.807) is 37.3 Å². The van der Waals surface area contributed by atoms with E-state index in [0.29, 0.717) is 11.4 Å². The second-order valence-electron chi connectivity index (χ2n) is 7.85. The van der Waals surface area contributed by atoms with Gasteiger partial charge in [-0.1, -0.05) is 63.5 Å². The highest BCUT2D eigenvalue weighted by molar-refractivity contribution is 9.10. The monoisotopic (exact) mass is 527 g/mol. The number of rotatable bonds is 7. The van der Waals surface area contributed by atoms with E-state index < -0.39 is 22.5 Å². The van der Waals surface area contributed by atoms with Gasteiger partial charge in [0.2, 0.25) is 0 Å². The van der Waals surface area contributed by atoms with Crippen LogP contribution in [0, 0.1) is 20.8 Å². The number of nitrogens with one attached hydrogen (secondary N) is 1. The lowest BCUT2D eigenvalue weighted by Crippen LogP contribution is -2.40. The highest BCUT2D eigenvalue weighted by Crippen LogP contribution is 2.27. The van der Waals surface area contributed by atoms with Crippen molar-refractivity contribution in [1.29, 1.82) is 0 Å². The summed E-state index contributed by atoms with van der Waals surface area (Å²) in [6, 6.07) is 19.5. The molecule has 0 spiro atoms. The van der Waals surface area contributed by atoms with Crippen LogP contribution in [0.15, 0.2) is 81.2 Å². The van der Waals surface area contributed by atoms with Gasteiger partial charge in [0.25, 0.3) is 15.9 Å². The summed E-state index contributed by atoms with van der Waals surface area (Å²) in [5, 5.41) is 4.15. The second-order valence-corrected chi connectivity index (χ2v) is 10.6. The smallest absolute Gasteiger partial charge is 0.264 e. The predicted octanol–water partition coefficient (Wildman–Crippen LogP) is 5.11. The van der Waals surface area contributed by atoms with Gasteiger partial charge in [-0.2, -0.15) is 5.10 Å². The first-order valence-corrected chi connectivity index (χ1v) is 12.6. The first-order chi connectivity index (χ1) is 15.6. The van der Waals surface area contributed by atoms with E-state index in [1.807, 2.05) is 57.2 Å². The van der Waals surface area contributed by atoms with Gasteiger partial charge in [-0.15, -0.1) is 0 Å². The number of hydrogen-bond acceptors (Lipinski definition) is 4. The molecule has 3 aromatic rings. The van der Waals surface area contributed by atoms with Crippen molar-refractivity contribution < 1.29 is 13.2 Å². The number of benzene rings is 3. The van der Waals surface area contributed by atoms with Crippen LogP contribution in [0.5, 0.6) is 0 Å². The molecular formula is C25H26BrN3O3S. The van der Waals surface area contributed by atoms with Crippen LogP contribution in [0.25, 0.3) is 0 Å². The Morgan fingerprint density at radius 1 is 0.939 bits per heavy atom. The molecule has 0 heterocycles. The van der Waals surface area contributed by atoms with Gasteiger partial charge < -0.3 is 0 Å². The molecule has 3 aromatic carbocycles. The molecule has 8 heteroatoms. The predicted molar refractivity (Wildman–Crippen MR) is 136 cm³/mol. The van der Waals surface area contributed by atoms with Crippen molar-refractivity contribution in [2.24, 2.45) is 5.10 Å². The van der Waals surface area contributed by atoms with Gasteiger partial charge in [0.15, 0.2) is 0 Å². The minimum absolute atomic E-state index is 0.121. The Kier molecular flexibility index (Phi) is 7.71. The van der Waals surface area contributed by atoms with Gasteiger partial charge in [0, 0.05) is 4.47 Å². The topological polar surface area (TPSA) is 78.8 Å². The summed E-state index contributed by atoms with van der Waals surface area (Å²) in [5.74, 6) is -0.540. The fourth-order valence-corrected chi connectivity index (χ4v) is 5.04. The summed E-state index contributed by atoms with van der Waals surface area (Å²) in [5.41, 5.74) is 7.10. The lowest BCUT2D eigenvalue weighted by atomic mass is 10.1. The summed E-state index contributed by atoms with van der Waals surface area (Å²) >= 11 is 3.39. The quantitative estimate of drug-likeness (QED) is 0.342. The van der Waals surface area contributed by atoms with Crippen molar-refractivity contribution in [3.63, 3.8) is 0 Å². The molecule has 3 rings (SSSR count). The van der Waals surface area contributed by atoms with Gasteiger partial charge in [-0.05, 0) is 69.2 Å². The van der Waals surface area contributed by atoms with Crippen LogP contribution in [-0.2, 0) is 14.8 Å². The average molecular weight is 528 g/mol. The molecule has 0 saturated heterocycles. The van der Waals surface area contributed by atoms with E-state index in [9.17, 15) is 13.2 Å². The number of aryl methyl sites for hydroxylation is 3. The van der Waals surface area contributed by atoms with Crippen LogP contribution in [0.1, 0.15) is 29.2 Å². The third-order valence-corrected chi connectivity index (χ3v) is 7.43. The minimum atomic E-state index is -3.98. The maximum Gasteiger partial charge on any atom is 0.264 e. The van der Waals surface area contributed by atoms with Gasteiger partial charge in [0.05, 0.1) is 16.3 Å². The lowest BCUT2D eigenvalue weighted by molar-refractivity contribution is -0.119. The molecule has 1 amide bonds. The molecule has 33 heavy (non-hydrogen) atoms. The van der Waals surface area contributed by atoms with Gasteiger partial charge in [-0.25, -0.2) is 13.8 Å². The number of carbonyl (C=O) groups excluding carboxylic acids is 1. The number of hydrazone groups is 1. The third-order valence-electron chi connectivity index (χ3n) is 5.13. The fourth-order valence-electron chi connectivity index (χ4n) is 3.29. The van der Waals surface area contributed by atoms with Crippen LogP contribution in [0.3, 0.4) is 0 Å². The van der Waals surface area contributed by atoms with E-state index in [-0.39, 0.29) is 4.90 Å². The highest BCUT2D eigenvalue weighted by Gasteiger charge is 2.28. The summed E-state index contributed by atoms with van der Waals surface area (Å²) in [7, 11) is -3.98. The highest BCUT2D eigenvalue weighted by atomic mass is 79.9. The Morgan fingerprint density at radius 3 is 2.15 bits per heavy atom. The molecule has 0 atom stereocenters. The number of carbonyl (C=O) groups is 1. The van der Waals surface area contributed by atoms with E-state index >= 15 is 0 Å². The zero-order chi connectivity index (χ0) is 24.2. The van der Waals surface area contributed by atoms with E-state index in [4.69, 9.17) is 0 Å². The average Bonchev–Trinajstić information content (AvgIpc) is 2.77. The molecule has 0 bridgehead atoms. The summed E-state index contributed by atoms with van der Waals surface area (Å²) in [6.07, 6.45) is 0. The molecule has 0 fully saturated rings. The second kappa shape index (κ2) is 10.3.